The summed E-state index contributed by atoms with van der Waals surface area (Å²) in [7, 11) is -0.643. The Morgan fingerprint density at radius 1 is 0.970 bits per heavy atom. The number of hydrogen-bond acceptors (Lipinski definition) is 5. The third kappa shape index (κ3) is 6.40. The van der Waals surface area contributed by atoms with E-state index in [2.05, 4.69) is 5.32 Å². The van der Waals surface area contributed by atoms with Crippen molar-refractivity contribution in [3.63, 3.8) is 0 Å². The Morgan fingerprint density at radius 2 is 1.61 bits per heavy atom. The minimum Gasteiger partial charge on any atom is -0.340 e. The van der Waals surface area contributed by atoms with E-state index in [1.54, 1.807) is 19.1 Å². The molecule has 1 N–H and O–H groups in total. The van der Waals surface area contributed by atoms with Gasteiger partial charge in [0.1, 0.15) is 0 Å². The minimum atomic E-state index is -3.60. The van der Waals surface area contributed by atoms with Crippen molar-refractivity contribution in [1.82, 2.24) is 14.1 Å². The SMILES string of the molecule is Cc1ccc(CC(=O)N2CCN(CC(=O)Nc3ccc(C)c(S(=O)(=O)N(C)C)c3)CC2)cc1. The predicted octanol–water partition coefficient (Wildman–Crippen LogP) is 1.88. The third-order valence-corrected chi connectivity index (χ3v) is 7.76. The van der Waals surface area contributed by atoms with Crippen molar-refractivity contribution in [3.05, 3.63) is 59.2 Å². The number of benzene rings is 2. The third-order valence-electron chi connectivity index (χ3n) is 5.80. The Kier molecular flexibility index (Phi) is 7.88. The maximum atomic E-state index is 12.6. The molecule has 0 unspecified atom stereocenters. The maximum absolute atomic E-state index is 12.6. The predicted molar refractivity (Wildman–Crippen MR) is 129 cm³/mol. The molecule has 8 nitrogen and oxygen atoms in total. The van der Waals surface area contributed by atoms with Gasteiger partial charge < -0.3 is 10.2 Å². The number of anilines is 1. The summed E-state index contributed by atoms with van der Waals surface area (Å²) >= 11 is 0. The number of carbonyl (C=O) groups excluding carboxylic acids is 2. The lowest BCUT2D eigenvalue weighted by atomic mass is 10.1. The summed E-state index contributed by atoms with van der Waals surface area (Å²) in [6, 6.07) is 12.8. The van der Waals surface area contributed by atoms with Crippen LogP contribution in [0.4, 0.5) is 5.69 Å². The first-order valence-corrected chi connectivity index (χ1v) is 12.4. The number of aryl methyl sites for hydroxylation is 2. The number of carbonyl (C=O) groups is 2. The first kappa shape index (κ1) is 24.9. The number of rotatable bonds is 7. The van der Waals surface area contributed by atoms with Crippen molar-refractivity contribution >= 4 is 27.5 Å². The van der Waals surface area contributed by atoms with Gasteiger partial charge in [-0.05, 0) is 37.1 Å². The number of piperazine rings is 1. The number of sulfonamides is 1. The van der Waals surface area contributed by atoms with Gasteiger partial charge in [0.15, 0.2) is 0 Å². The van der Waals surface area contributed by atoms with E-state index in [0.717, 1.165) is 9.87 Å². The van der Waals surface area contributed by atoms with E-state index < -0.39 is 10.0 Å². The second kappa shape index (κ2) is 10.5. The van der Waals surface area contributed by atoms with Gasteiger partial charge in [0, 0.05) is 46.0 Å². The summed E-state index contributed by atoms with van der Waals surface area (Å²) in [6.45, 7) is 6.31. The van der Waals surface area contributed by atoms with Gasteiger partial charge in [-0.2, -0.15) is 0 Å². The summed E-state index contributed by atoms with van der Waals surface area (Å²) in [6.07, 6.45) is 0.381. The molecule has 1 aliphatic rings. The zero-order valence-corrected chi connectivity index (χ0v) is 20.5. The topological polar surface area (TPSA) is 90.0 Å². The van der Waals surface area contributed by atoms with Crippen LogP contribution in [0.25, 0.3) is 0 Å². The molecule has 1 fully saturated rings. The van der Waals surface area contributed by atoms with Crippen LogP contribution in [0, 0.1) is 13.8 Å². The minimum absolute atomic E-state index is 0.0947. The van der Waals surface area contributed by atoms with E-state index in [9.17, 15) is 18.0 Å². The number of amides is 2. The second-order valence-corrected chi connectivity index (χ2v) is 10.8. The van der Waals surface area contributed by atoms with Gasteiger partial charge in [0.2, 0.25) is 21.8 Å². The van der Waals surface area contributed by atoms with Crippen LogP contribution >= 0.6 is 0 Å². The zero-order valence-electron chi connectivity index (χ0n) is 19.7. The molecular weight excluding hydrogens is 440 g/mol. The van der Waals surface area contributed by atoms with Crippen LogP contribution in [0.1, 0.15) is 16.7 Å². The zero-order chi connectivity index (χ0) is 24.2. The van der Waals surface area contributed by atoms with E-state index in [0.29, 0.717) is 43.9 Å². The maximum Gasteiger partial charge on any atom is 0.242 e. The molecule has 0 atom stereocenters. The lowest BCUT2D eigenvalue weighted by molar-refractivity contribution is -0.132. The summed E-state index contributed by atoms with van der Waals surface area (Å²) in [5, 5.41) is 2.79. The van der Waals surface area contributed by atoms with Crippen LogP contribution in [0.2, 0.25) is 0 Å². The van der Waals surface area contributed by atoms with Gasteiger partial charge in [0.05, 0.1) is 17.9 Å². The molecule has 1 aliphatic heterocycles. The molecule has 1 heterocycles. The molecule has 9 heteroatoms. The fourth-order valence-corrected chi connectivity index (χ4v) is 4.85. The van der Waals surface area contributed by atoms with Crippen molar-refractivity contribution < 1.29 is 18.0 Å². The Bertz CT molecular complexity index is 1110. The van der Waals surface area contributed by atoms with E-state index in [-0.39, 0.29) is 23.3 Å². The normalized spacial score (nSPS) is 15.0. The molecule has 2 aromatic carbocycles. The largest absolute Gasteiger partial charge is 0.340 e. The Hall–Kier alpha value is -2.75. The van der Waals surface area contributed by atoms with Crippen LogP contribution in [0.3, 0.4) is 0 Å². The van der Waals surface area contributed by atoms with E-state index >= 15 is 0 Å². The first-order chi connectivity index (χ1) is 15.6. The smallest absolute Gasteiger partial charge is 0.242 e. The van der Waals surface area contributed by atoms with E-state index in [1.807, 2.05) is 41.0 Å². The van der Waals surface area contributed by atoms with Gasteiger partial charge >= 0.3 is 0 Å². The van der Waals surface area contributed by atoms with Crippen molar-refractivity contribution in [3.8, 4) is 0 Å². The molecule has 0 aromatic heterocycles. The first-order valence-electron chi connectivity index (χ1n) is 10.9. The summed E-state index contributed by atoms with van der Waals surface area (Å²) in [5.41, 5.74) is 3.23. The highest BCUT2D eigenvalue weighted by Gasteiger charge is 2.23. The second-order valence-electron chi connectivity index (χ2n) is 8.64. The number of hydrogen-bond donors (Lipinski definition) is 1. The van der Waals surface area contributed by atoms with Crippen LogP contribution < -0.4 is 5.32 Å². The Balaban J connectivity index is 1.51. The molecule has 178 valence electrons. The van der Waals surface area contributed by atoms with Crippen LogP contribution in [-0.2, 0) is 26.0 Å². The Labute approximate surface area is 196 Å². The molecule has 0 bridgehead atoms. The standard InChI is InChI=1S/C24H32N4O4S/c1-18-5-8-20(9-6-18)15-24(30)28-13-11-27(12-14-28)17-23(29)25-21-10-7-19(2)22(16-21)33(31,32)26(3)4/h5-10,16H,11-15,17H2,1-4H3,(H,25,29). The molecule has 0 saturated carbocycles. The van der Waals surface area contributed by atoms with Crippen LogP contribution in [0.5, 0.6) is 0 Å². The Morgan fingerprint density at radius 3 is 2.21 bits per heavy atom. The molecular formula is C24H32N4O4S. The van der Waals surface area contributed by atoms with Gasteiger partial charge in [-0.25, -0.2) is 12.7 Å². The number of nitrogens with one attached hydrogen (secondary N) is 1. The van der Waals surface area contributed by atoms with Gasteiger partial charge in [-0.1, -0.05) is 35.9 Å². The molecule has 0 aliphatic carbocycles. The van der Waals surface area contributed by atoms with Crippen LogP contribution in [-0.4, -0.2) is 81.2 Å². The fourth-order valence-electron chi connectivity index (χ4n) is 3.70. The molecule has 1 saturated heterocycles. The average Bonchev–Trinajstić information content (AvgIpc) is 2.77. The highest BCUT2D eigenvalue weighted by atomic mass is 32.2. The summed E-state index contributed by atoms with van der Waals surface area (Å²) < 4.78 is 26.1. The number of nitrogens with zero attached hydrogens (tertiary/aromatic N) is 3. The summed E-state index contributed by atoms with van der Waals surface area (Å²) in [4.78, 5) is 29.1. The molecule has 33 heavy (non-hydrogen) atoms. The lowest BCUT2D eigenvalue weighted by Gasteiger charge is -2.34. The van der Waals surface area contributed by atoms with Crippen molar-refractivity contribution in [2.75, 3.05) is 52.1 Å². The highest BCUT2D eigenvalue weighted by molar-refractivity contribution is 7.89. The lowest BCUT2D eigenvalue weighted by Crippen LogP contribution is -2.50. The van der Waals surface area contributed by atoms with E-state index in [1.165, 1.54) is 25.7 Å². The quantitative estimate of drug-likeness (QED) is 0.665. The highest BCUT2D eigenvalue weighted by Crippen LogP contribution is 2.22. The molecule has 0 spiro atoms. The molecule has 0 radical (unpaired) electrons. The average molecular weight is 473 g/mol. The molecule has 3 rings (SSSR count). The monoisotopic (exact) mass is 472 g/mol. The summed E-state index contributed by atoms with van der Waals surface area (Å²) in [5.74, 6) is -0.122. The van der Waals surface area contributed by atoms with Gasteiger partial charge in [-0.15, -0.1) is 0 Å². The van der Waals surface area contributed by atoms with Gasteiger partial charge in [0.25, 0.3) is 0 Å². The fraction of sp³-hybridized carbons (Fsp3) is 0.417. The van der Waals surface area contributed by atoms with Crippen LogP contribution in [0.15, 0.2) is 47.4 Å². The van der Waals surface area contributed by atoms with Crippen molar-refractivity contribution in [2.24, 2.45) is 0 Å². The van der Waals surface area contributed by atoms with Crippen molar-refractivity contribution in [1.29, 1.82) is 0 Å². The van der Waals surface area contributed by atoms with Crippen molar-refractivity contribution in [2.45, 2.75) is 25.2 Å². The molecule has 2 amide bonds. The van der Waals surface area contributed by atoms with Gasteiger partial charge in [-0.3, -0.25) is 14.5 Å². The molecule has 2 aromatic rings. The van der Waals surface area contributed by atoms with E-state index in [4.69, 9.17) is 0 Å².